The average Bonchev–Trinajstić information content (AvgIpc) is 2.80. The third kappa shape index (κ3) is 6.19. The Morgan fingerprint density at radius 2 is 1.97 bits per heavy atom. The van der Waals surface area contributed by atoms with Gasteiger partial charge in [-0.25, -0.2) is 0 Å². The quantitative estimate of drug-likeness (QED) is 0.701. The molecule has 2 amide bonds. The van der Waals surface area contributed by atoms with Gasteiger partial charge < -0.3 is 19.9 Å². The van der Waals surface area contributed by atoms with Crippen LogP contribution in [-0.4, -0.2) is 92.0 Å². The van der Waals surface area contributed by atoms with Gasteiger partial charge in [0.2, 0.25) is 5.91 Å². The summed E-state index contributed by atoms with van der Waals surface area (Å²) in [7, 11) is 1.60. The lowest BCUT2D eigenvalue weighted by atomic mass is 10.0. The lowest BCUT2D eigenvalue weighted by Crippen LogP contribution is -2.48. The first kappa shape index (κ1) is 22.6. The second-order valence-corrected chi connectivity index (χ2v) is 8.29. The maximum Gasteiger partial charge on any atom is 0.254 e. The largest absolute Gasteiger partial charge is 0.497 e. The zero-order valence-electron chi connectivity index (χ0n) is 18.4. The molecule has 0 bridgehead atoms. The van der Waals surface area contributed by atoms with E-state index in [4.69, 9.17) is 4.74 Å². The van der Waals surface area contributed by atoms with Crippen LogP contribution < -0.4 is 10.1 Å². The summed E-state index contributed by atoms with van der Waals surface area (Å²) in [4.78, 5) is 32.1. The van der Waals surface area contributed by atoms with E-state index in [0.29, 0.717) is 36.9 Å². The molecule has 2 saturated heterocycles. The number of benzene rings is 1. The number of carbonyl (C=O) groups excluding carboxylic acids is 2. The highest BCUT2D eigenvalue weighted by Crippen LogP contribution is 2.18. The number of rotatable bonds is 8. The predicted octanol–water partition coefficient (Wildman–Crippen LogP) is 1.83. The van der Waals surface area contributed by atoms with Gasteiger partial charge in [-0.15, -0.1) is 0 Å². The average molecular weight is 417 g/mol. The van der Waals surface area contributed by atoms with Crippen LogP contribution in [0.3, 0.4) is 0 Å². The maximum atomic E-state index is 13.3. The van der Waals surface area contributed by atoms with E-state index in [1.165, 1.54) is 19.3 Å². The van der Waals surface area contributed by atoms with Gasteiger partial charge in [0.05, 0.1) is 7.11 Å². The number of nitrogens with zero attached hydrogens (tertiary/aromatic N) is 3. The Morgan fingerprint density at radius 3 is 2.70 bits per heavy atom. The minimum absolute atomic E-state index is 0.0355. The van der Waals surface area contributed by atoms with Crippen LogP contribution in [0.15, 0.2) is 24.3 Å². The fourth-order valence-electron chi connectivity index (χ4n) is 4.30. The Hall–Kier alpha value is -2.12. The lowest BCUT2D eigenvalue weighted by Gasteiger charge is -2.35. The van der Waals surface area contributed by atoms with Crippen LogP contribution in [0.4, 0.5) is 0 Å². The van der Waals surface area contributed by atoms with Crippen LogP contribution >= 0.6 is 0 Å². The summed E-state index contributed by atoms with van der Waals surface area (Å²) in [5.74, 6) is 0.764. The van der Waals surface area contributed by atoms with Crippen molar-refractivity contribution in [3.05, 3.63) is 29.8 Å². The SMILES string of the molecule is COc1cccc(C(=O)N(CCC(=O)N2CCNCC2)CCN2CCCC[C@@H]2C)c1. The summed E-state index contributed by atoms with van der Waals surface area (Å²) in [5, 5.41) is 3.27. The molecule has 2 aliphatic heterocycles. The molecule has 0 aliphatic carbocycles. The summed E-state index contributed by atoms with van der Waals surface area (Å²) < 4.78 is 5.29. The van der Waals surface area contributed by atoms with E-state index in [1.807, 2.05) is 28.0 Å². The first-order valence-corrected chi connectivity index (χ1v) is 11.2. The van der Waals surface area contributed by atoms with Crippen LogP contribution in [0.2, 0.25) is 0 Å². The summed E-state index contributed by atoms with van der Waals surface area (Å²) in [6.07, 6.45) is 4.08. The maximum absolute atomic E-state index is 13.3. The van der Waals surface area contributed by atoms with Crippen LogP contribution in [0.1, 0.15) is 43.0 Å². The summed E-state index contributed by atoms with van der Waals surface area (Å²) in [5.41, 5.74) is 0.607. The van der Waals surface area contributed by atoms with Crippen molar-refractivity contribution in [2.75, 3.05) is 59.5 Å². The zero-order valence-corrected chi connectivity index (χ0v) is 18.4. The van der Waals surface area contributed by atoms with Crippen LogP contribution in [0.5, 0.6) is 5.75 Å². The number of hydrogen-bond acceptors (Lipinski definition) is 5. The Morgan fingerprint density at radius 1 is 1.17 bits per heavy atom. The number of piperidine rings is 1. The Balaban J connectivity index is 1.65. The van der Waals surface area contributed by atoms with Crippen LogP contribution in [0.25, 0.3) is 0 Å². The van der Waals surface area contributed by atoms with E-state index < -0.39 is 0 Å². The molecular weight excluding hydrogens is 380 g/mol. The van der Waals surface area contributed by atoms with Gasteiger partial charge in [0.25, 0.3) is 5.91 Å². The van der Waals surface area contributed by atoms with Gasteiger partial charge in [-0.3, -0.25) is 14.5 Å². The summed E-state index contributed by atoms with van der Waals surface area (Å²) in [6.45, 7) is 8.44. The lowest BCUT2D eigenvalue weighted by molar-refractivity contribution is -0.131. The zero-order chi connectivity index (χ0) is 21.3. The molecule has 0 unspecified atom stereocenters. The number of carbonyl (C=O) groups is 2. The molecule has 30 heavy (non-hydrogen) atoms. The minimum Gasteiger partial charge on any atom is -0.497 e. The highest BCUT2D eigenvalue weighted by Gasteiger charge is 2.23. The van der Waals surface area contributed by atoms with Crippen LogP contribution in [0, 0.1) is 0 Å². The minimum atomic E-state index is -0.0355. The van der Waals surface area contributed by atoms with Crippen molar-refractivity contribution in [1.82, 2.24) is 20.0 Å². The topological polar surface area (TPSA) is 65.1 Å². The molecule has 0 spiro atoms. The molecule has 0 aromatic heterocycles. The molecule has 3 rings (SSSR count). The molecule has 7 heteroatoms. The van der Waals surface area contributed by atoms with Gasteiger partial charge >= 0.3 is 0 Å². The van der Waals surface area contributed by atoms with Gasteiger partial charge in [-0.1, -0.05) is 12.5 Å². The predicted molar refractivity (Wildman–Crippen MR) is 118 cm³/mol. The Kier molecular flexibility index (Phi) is 8.51. The molecule has 0 saturated carbocycles. The van der Waals surface area contributed by atoms with Crippen molar-refractivity contribution >= 4 is 11.8 Å². The van der Waals surface area contributed by atoms with Gasteiger partial charge in [-0.2, -0.15) is 0 Å². The second-order valence-electron chi connectivity index (χ2n) is 8.29. The van der Waals surface area contributed by atoms with E-state index in [-0.39, 0.29) is 11.8 Å². The molecule has 2 heterocycles. The Labute approximate surface area is 180 Å². The first-order valence-electron chi connectivity index (χ1n) is 11.2. The molecule has 1 N–H and O–H groups in total. The fourth-order valence-corrected chi connectivity index (χ4v) is 4.30. The molecule has 1 aromatic rings. The molecule has 7 nitrogen and oxygen atoms in total. The molecular formula is C23H36N4O3. The molecule has 1 aromatic carbocycles. The molecule has 166 valence electrons. The van der Waals surface area contributed by atoms with Crippen molar-refractivity contribution < 1.29 is 14.3 Å². The van der Waals surface area contributed by atoms with Crippen molar-refractivity contribution in [3.8, 4) is 5.75 Å². The number of nitrogens with one attached hydrogen (secondary N) is 1. The Bertz CT molecular complexity index is 705. The van der Waals surface area contributed by atoms with E-state index in [9.17, 15) is 9.59 Å². The molecule has 2 aliphatic rings. The van der Waals surface area contributed by atoms with Crippen molar-refractivity contribution in [3.63, 3.8) is 0 Å². The third-order valence-corrected chi connectivity index (χ3v) is 6.27. The standard InChI is InChI=1S/C23H36N4O3/c1-19-6-3-4-12-25(19)16-17-27(13-9-22(28)26-14-10-24-11-15-26)23(29)20-7-5-8-21(18-20)30-2/h5,7-8,18-19,24H,3-4,6,9-17H2,1-2H3/t19-/m0/s1. The van der Waals surface area contributed by atoms with Crippen molar-refractivity contribution in [2.45, 2.75) is 38.6 Å². The molecule has 0 radical (unpaired) electrons. The van der Waals surface area contributed by atoms with E-state index in [1.54, 1.807) is 13.2 Å². The van der Waals surface area contributed by atoms with Gasteiger partial charge in [-0.05, 0) is 44.5 Å². The number of ether oxygens (including phenoxy) is 1. The van der Waals surface area contributed by atoms with E-state index in [0.717, 1.165) is 39.3 Å². The van der Waals surface area contributed by atoms with Gasteiger partial charge in [0.15, 0.2) is 0 Å². The van der Waals surface area contributed by atoms with Crippen molar-refractivity contribution in [1.29, 1.82) is 0 Å². The van der Waals surface area contributed by atoms with Gasteiger partial charge in [0, 0.05) is 63.8 Å². The number of amides is 2. The first-order chi connectivity index (χ1) is 14.6. The summed E-state index contributed by atoms with van der Waals surface area (Å²) >= 11 is 0. The number of hydrogen-bond donors (Lipinski definition) is 1. The number of piperazine rings is 1. The van der Waals surface area contributed by atoms with E-state index >= 15 is 0 Å². The highest BCUT2D eigenvalue weighted by atomic mass is 16.5. The number of likely N-dealkylation sites (tertiary alicyclic amines) is 1. The second kappa shape index (κ2) is 11.3. The normalized spacial score (nSPS) is 20.1. The fraction of sp³-hybridized carbons (Fsp3) is 0.652. The monoisotopic (exact) mass is 416 g/mol. The third-order valence-electron chi connectivity index (χ3n) is 6.27. The molecule has 2 fully saturated rings. The highest BCUT2D eigenvalue weighted by molar-refractivity contribution is 5.95. The smallest absolute Gasteiger partial charge is 0.254 e. The van der Waals surface area contributed by atoms with Crippen molar-refractivity contribution in [2.24, 2.45) is 0 Å². The van der Waals surface area contributed by atoms with Crippen LogP contribution in [-0.2, 0) is 4.79 Å². The van der Waals surface area contributed by atoms with E-state index in [2.05, 4.69) is 17.1 Å². The van der Waals surface area contributed by atoms with Gasteiger partial charge in [0.1, 0.15) is 5.75 Å². The number of methoxy groups -OCH3 is 1. The molecule has 1 atom stereocenters. The summed E-state index contributed by atoms with van der Waals surface area (Å²) in [6, 6.07) is 7.82.